The lowest BCUT2D eigenvalue weighted by Crippen LogP contribution is -2.47. The minimum absolute atomic E-state index is 0.153. The number of piperazine rings is 1. The Labute approximate surface area is 213 Å². The van der Waals surface area contributed by atoms with Crippen molar-refractivity contribution < 1.29 is 9.53 Å². The van der Waals surface area contributed by atoms with E-state index in [9.17, 15) is 4.79 Å². The second-order valence-electron chi connectivity index (χ2n) is 7.96. The molecule has 1 aliphatic rings. The molecule has 11 heteroatoms. The highest BCUT2D eigenvalue weighted by Gasteiger charge is 2.24. The third kappa shape index (κ3) is 5.07. The number of thiophene rings is 1. The van der Waals surface area contributed by atoms with Crippen LogP contribution in [0.3, 0.4) is 0 Å². The Morgan fingerprint density at radius 2 is 1.97 bits per heavy atom. The Balaban J connectivity index is 1.27. The number of thiazole rings is 1. The van der Waals surface area contributed by atoms with Gasteiger partial charge in [-0.15, -0.1) is 11.3 Å². The minimum Gasteiger partial charge on any atom is -0.437 e. The first-order valence-corrected chi connectivity index (χ1v) is 13.3. The van der Waals surface area contributed by atoms with Gasteiger partial charge in [-0.1, -0.05) is 17.4 Å². The molecule has 34 heavy (non-hydrogen) atoms. The van der Waals surface area contributed by atoms with Gasteiger partial charge in [0.05, 0.1) is 8.49 Å². The number of hydrogen-bond donors (Lipinski definition) is 1. The van der Waals surface area contributed by atoms with Crippen LogP contribution in [-0.4, -0.2) is 51.9 Å². The molecular formula is C23H23BrN6O2S2. The monoisotopic (exact) mass is 558 g/mol. The van der Waals surface area contributed by atoms with Crippen LogP contribution in [0.25, 0.3) is 10.2 Å². The molecule has 0 unspecified atom stereocenters. The van der Waals surface area contributed by atoms with E-state index in [0.29, 0.717) is 28.3 Å². The molecule has 176 valence electrons. The summed E-state index contributed by atoms with van der Waals surface area (Å²) >= 11 is 6.77. The predicted octanol–water partition coefficient (Wildman–Crippen LogP) is 5.54. The number of carbonyl (C=O) groups excluding carboxylic acids is 1. The van der Waals surface area contributed by atoms with Gasteiger partial charge < -0.3 is 15.0 Å². The highest BCUT2D eigenvalue weighted by molar-refractivity contribution is 9.11. The SMILES string of the molecule is CC(=O)Nc1nc2c(Oc3cc(N4CCN([C@@H](C)c5ccc(Br)s5)CC4)ncn3)cccc2s1. The van der Waals surface area contributed by atoms with E-state index >= 15 is 0 Å². The summed E-state index contributed by atoms with van der Waals surface area (Å²) in [5, 5.41) is 3.28. The second kappa shape index (κ2) is 9.95. The molecule has 0 spiro atoms. The molecule has 1 atom stereocenters. The number of benzene rings is 1. The van der Waals surface area contributed by atoms with Crippen LogP contribution in [0.15, 0.2) is 46.5 Å². The summed E-state index contributed by atoms with van der Waals surface area (Å²) in [5.74, 6) is 1.75. The summed E-state index contributed by atoms with van der Waals surface area (Å²) < 4.78 is 8.20. The Hall–Kier alpha value is -2.60. The molecule has 4 heterocycles. The van der Waals surface area contributed by atoms with Gasteiger partial charge in [0, 0.05) is 50.1 Å². The third-order valence-corrected chi connectivity index (χ3v) is 8.43. The summed E-state index contributed by atoms with van der Waals surface area (Å²) in [6.45, 7) is 7.42. The van der Waals surface area contributed by atoms with E-state index in [1.807, 2.05) is 24.3 Å². The number of fused-ring (bicyclic) bond motifs is 1. The molecule has 1 aliphatic heterocycles. The van der Waals surface area contributed by atoms with Gasteiger partial charge in [-0.3, -0.25) is 9.69 Å². The number of carbonyl (C=O) groups is 1. The van der Waals surface area contributed by atoms with Gasteiger partial charge in [-0.2, -0.15) is 0 Å². The zero-order valence-corrected chi connectivity index (χ0v) is 21.9. The normalized spacial score (nSPS) is 15.4. The first-order valence-electron chi connectivity index (χ1n) is 10.9. The maximum absolute atomic E-state index is 11.4. The fourth-order valence-corrected chi connectivity index (χ4v) is 6.39. The number of rotatable bonds is 6. The molecule has 0 bridgehead atoms. The zero-order valence-electron chi connectivity index (χ0n) is 18.7. The van der Waals surface area contributed by atoms with Gasteiger partial charge in [0.25, 0.3) is 0 Å². The number of nitrogens with zero attached hydrogens (tertiary/aromatic N) is 5. The molecule has 3 aromatic heterocycles. The molecule has 5 rings (SSSR count). The number of ether oxygens (including phenoxy) is 1. The second-order valence-corrected chi connectivity index (χ2v) is 11.5. The van der Waals surface area contributed by atoms with Crippen LogP contribution >= 0.6 is 38.6 Å². The van der Waals surface area contributed by atoms with Crippen LogP contribution < -0.4 is 15.0 Å². The number of halogens is 1. The van der Waals surface area contributed by atoms with E-state index in [0.717, 1.165) is 36.7 Å². The number of nitrogens with one attached hydrogen (secondary N) is 1. The molecule has 0 aliphatic carbocycles. The molecule has 8 nitrogen and oxygen atoms in total. The first kappa shape index (κ1) is 23.2. The molecule has 1 aromatic carbocycles. The highest BCUT2D eigenvalue weighted by Crippen LogP contribution is 2.35. The van der Waals surface area contributed by atoms with E-state index in [2.05, 4.69) is 65.1 Å². The predicted molar refractivity (Wildman–Crippen MR) is 140 cm³/mol. The van der Waals surface area contributed by atoms with E-state index in [-0.39, 0.29) is 5.91 Å². The number of para-hydroxylation sites is 1. The summed E-state index contributed by atoms with van der Waals surface area (Å²) in [5.41, 5.74) is 0.694. The molecule has 0 radical (unpaired) electrons. The molecule has 1 amide bonds. The largest absolute Gasteiger partial charge is 0.437 e. The number of anilines is 2. The third-order valence-electron chi connectivity index (χ3n) is 5.70. The molecule has 1 N–H and O–H groups in total. The van der Waals surface area contributed by atoms with Gasteiger partial charge >= 0.3 is 0 Å². The van der Waals surface area contributed by atoms with Crippen molar-refractivity contribution in [1.82, 2.24) is 19.9 Å². The summed E-state index contributed by atoms with van der Waals surface area (Å²) in [6.07, 6.45) is 1.53. The average molecular weight is 560 g/mol. The van der Waals surface area contributed by atoms with E-state index < -0.39 is 0 Å². The van der Waals surface area contributed by atoms with Crippen molar-refractivity contribution in [3.63, 3.8) is 0 Å². The van der Waals surface area contributed by atoms with Crippen LogP contribution in [0, 0.1) is 0 Å². The zero-order chi connectivity index (χ0) is 23.7. The summed E-state index contributed by atoms with van der Waals surface area (Å²) in [4.78, 5) is 30.8. The van der Waals surface area contributed by atoms with Gasteiger partial charge in [0.2, 0.25) is 11.8 Å². The van der Waals surface area contributed by atoms with Crippen LogP contribution in [-0.2, 0) is 4.79 Å². The van der Waals surface area contributed by atoms with Crippen LogP contribution in [0.4, 0.5) is 10.9 Å². The smallest absolute Gasteiger partial charge is 0.224 e. The highest BCUT2D eigenvalue weighted by atomic mass is 79.9. The Morgan fingerprint density at radius 3 is 2.71 bits per heavy atom. The number of amides is 1. The van der Waals surface area contributed by atoms with Gasteiger partial charge in [-0.05, 0) is 47.1 Å². The van der Waals surface area contributed by atoms with Crippen molar-refractivity contribution >= 4 is 65.7 Å². The maximum Gasteiger partial charge on any atom is 0.224 e. The van der Waals surface area contributed by atoms with Crippen LogP contribution in [0.5, 0.6) is 11.6 Å². The first-order chi connectivity index (χ1) is 16.5. The van der Waals surface area contributed by atoms with Crippen molar-refractivity contribution in [2.75, 3.05) is 36.4 Å². The number of aromatic nitrogens is 3. The molecule has 0 saturated carbocycles. The van der Waals surface area contributed by atoms with Crippen molar-refractivity contribution in [2.24, 2.45) is 0 Å². The summed E-state index contributed by atoms with van der Waals surface area (Å²) in [7, 11) is 0. The summed E-state index contributed by atoms with van der Waals surface area (Å²) in [6, 6.07) is 12.3. The lowest BCUT2D eigenvalue weighted by atomic mass is 10.2. The van der Waals surface area contributed by atoms with Crippen molar-refractivity contribution in [3.8, 4) is 11.6 Å². The van der Waals surface area contributed by atoms with Crippen LogP contribution in [0.2, 0.25) is 0 Å². The quantitative estimate of drug-likeness (QED) is 0.332. The fraction of sp³-hybridized carbons (Fsp3) is 0.304. The Morgan fingerprint density at radius 1 is 1.15 bits per heavy atom. The van der Waals surface area contributed by atoms with Gasteiger partial charge in [-0.25, -0.2) is 15.0 Å². The van der Waals surface area contributed by atoms with Crippen molar-refractivity contribution in [1.29, 1.82) is 0 Å². The molecule has 4 aromatic rings. The fourth-order valence-electron chi connectivity index (χ4n) is 3.95. The van der Waals surface area contributed by atoms with E-state index in [1.54, 1.807) is 11.3 Å². The minimum atomic E-state index is -0.153. The number of hydrogen-bond acceptors (Lipinski definition) is 9. The standard InChI is InChI=1S/C23H23BrN6O2S2/c1-14(17-6-7-19(24)33-17)29-8-10-30(11-9-29)20-12-21(26-13-25-20)32-16-4-3-5-18-22(16)28-23(34-18)27-15(2)31/h3-7,12-14H,8-11H2,1-2H3,(H,27,28,31)/t14-/m0/s1. The molecule has 1 fully saturated rings. The average Bonchev–Trinajstić information content (AvgIpc) is 3.45. The Kier molecular flexibility index (Phi) is 6.77. The lowest BCUT2D eigenvalue weighted by molar-refractivity contribution is -0.114. The van der Waals surface area contributed by atoms with Gasteiger partial charge in [0.15, 0.2) is 10.9 Å². The lowest BCUT2D eigenvalue weighted by Gasteiger charge is -2.38. The Bertz CT molecular complexity index is 1320. The molecule has 1 saturated heterocycles. The van der Waals surface area contributed by atoms with Crippen molar-refractivity contribution in [2.45, 2.75) is 19.9 Å². The van der Waals surface area contributed by atoms with Crippen molar-refractivity contribution in [3.05, 3.63) is 51.4 Å². The molecular weight excluding hydrogens is 536 g/mol. The topological polar surface area (TPSA) is 83.5 Å². The van der Waals surface area contributed by atoms with Gasteiger partial charge in [0.1, 0.15) is 17.7 Å². The van der Waals surface area contributed by atoms with E-state index in [4.69, 9.17) is 4.74 Å². The van der Waals surface area contributed by atoms with E-state index in [1.165, 1.54) is 33.3 Å². The van der Waals surface area contributed by atoms with Crippen LogP contribution in [0.1, 0.15) is 24.8 Å². The maximum atomic E-state index is 11.4.